The molecule has 1 aliphatic heterocycles. The van der Waals surface area contributed by atoms with Gasteiger partial charge in [0.2, 0.25) is 5.91 Å². The van der Waals surface area contributed by atoms with E-state index in [-0.39, 0.29) is 24.3 Å². The molecule has 122 valence electrons. The molecule has 1 saturated heterocycles. The number of carbonyl (C=O) groups is 1. The van der Waals surface area contributed by atoms with Crippen LogP contribution in [-0.2, 0) is 16.1 Å². The summed E-state index contributed by atoms with van der Waals surface area (Å²) in [6.45, 7) is 0.672. The molecule has 23 heavy (non-hydrogen) atoms. The van der Waals surface area contributed by atoms with E-state index in [1.807, 2.05) is 0 Å². The number of aromatic nitrogens is 2. The van der Waals surface area contributed by atoms with Gasteiger partial charge in [0.25, 0.3) is 5.56 Å². The van der Waals surface area contributed by atoms with Crippen molar-refractivity contribution >= 4 is 5.91 Å². The van der Waals surface area contributed by atoms with E-state index in [4.69, 9.17) is 10.00 Å². The maximum atomic E-state index is 12.3. The third-order valence-electron chi connectivity index (χ3n) is 4.11. The predicted octanol–water partition coefficient (Wildman–Crippen LogP) is -0.488. The molecule has 0 aromatic carbocycles. The van der Waals surface area contributed by atoms with Crippen molar-refractivity contribution < 1.29 is 9.53 Å². The minimum absolute atomic E-state index is 0.00997. The Labute approximate surface area is 132 Å². The van der Waals surface area contributed by atoms with Crippen LogP contribution in [-0.4, -0.2) is 34.3 Å². The highest BCUT2D eigenvalue weighted by molar-refractivity contribution is 5.75. The van der Waals surface area contributed by atoms with Crippen LogP contribution < -0.4 is 16.6 Å². The number of nitriles is 1. The van der Waals surface area contributed by atoms with Gasteiger partial charge in [-0.25, -0.2) is 9.36 Å². The molecule has 1 aliphatic carbocycles. The maximum Gasteiger partial charge on any atom is 0.331 e. The van der Waals surface area contributed by atoms with Gasteiger partial charge in [0.05, 0.1) is 6.10 Å². The summed E-state index contributed by atoms with van der Waals surface area (Å²) < 4.78 is 7.62. The van der Waals surface area contributed by atoms with Gasteiger partial charge < -0.3 is 10.1 Å². The van der Waals surface area contributed by atoms with E-state index in [9.17, 15) is 14.4 Å². The zero-order valence-corrected chi connectivity index (χ0v) is 12.7. The number of hydrogen-bond donors (Lipinski definition) is 1. The van der Waals surface area contributed by atoms with Crippen molar-refractivity contribution in [3.05, 3.63) is 32.6 Å². The Hall–Kier alpha value is -2.40. The summed E-state index contributed by atoms with van der Waals surface area (Å²) in [5, 5.41) is 11.7. The smallest absolute Gasteiger partial charge is 0.331 e. The summed E-state index contributed by atoms with van der Waals surface area (Å²) in [6.07, 6.45) is 4.82. The Morgan fingerprint density at radius 3 is 2.78 bits per heavy atom. The van der Waals surface area contributed by atoms with Crippen molar-refractivity contribution in [2.24, 2.45) is 0 Å². The van der Waals surface area contributed by atoms with Gasteiger partial charge in [-0.2, -0.15) is 5.26 Å². The van der Waals surface area contributed by atoms with E-state index < -0.39 is 17.2 Å². The molecule has 1 unspecified atom stereocenters. The fourth-order valence-corrected chi connectivity index (χ4v) is 2.68. The lowest BCUT2D eigenvalue weighted by molar-refractivity contribution is -0.122. The quantitative estimate of drug-likeness (QED) is 0.788. The second kappa shape index (κ2) is 6.38. The molecule has 1 saturated carbocycles. The topological polar surface area (TPSA) is 106 Å². The number of hydrogen-bond acceptors (Lipinski definition) is 5. The van der Waals surface area contributed by atoms with E-state index >= 15 is 0 Å². The first-order chi connectivity index (χ1) is 11.1. The zero-order chi connectivity index (χ0) is 16.4. The Balaban J connectivity index is 1.77. The highest BCUT2D eigenvalue weighted by Gasteiger charge is 2.27. The predicted molar refractivity (Wildman–Crippen MR) is 79.9 cm³/mol. The lowest BCUT2D eigenvalue weighted by atomic mass is 10.2. The molecule has 8 nitrogen and oxygen atoms in total. The third kappa shape index (κ3) is 3.35. The van der Waals surface area contributed by atoms with E-state index in [0.29, 0.717) is 13.2 Å². The fourth-order valence-electron chi connectivity index (χ4n) is 2.68. The summed E-state index contributed by atoms with van der Waals surface area (Å²) in [4.78, 5) is 36.5. The van der Waals surface area contributed by atoms with Gasteiger partial charge in [0.1, 0.15) is 18.2 Å². The summed E-state index contributed by atoms with van der Waals surface area (Å²) in [6, 6.07) is 1.82. The van der Waals surface area contributed by atoms with E-state index in [2.05, 4.69) is 5.32 Å². The number of nitrogens with one attached hydrogen (secondary N) is 1. The second-order valence-electron chi connectivity index (χ2n) is 5.91. The molecule has 1 atom stereocenters. The lowest BCUT2D eigenvalue weighted by Gasteiger charge is -2.12. The second-order valence-corrected chi connectivity index (χ2v) is 5.91. The first-order valence-electron chi connectivity index (χ1n) is 7.74. The maximum absolute atomic E-state index is 12.3. The van der Waals surface area contributed by atoms with Gasteiger partial charge >= 0.3 is 5.69 Å². The summed E-state index contributed by atoms with van der Waals surface area (Å²) in [5.74, 6) is -0.433. The van der Waals surface area contributed by atoms with Gasteiger partial charge in [0.15, 0.2) is 0 Å². The number of ether oxygens (including phenoxy) is 1. The van der Waals surface area contributed by atoms with Crippen LogP contribution in [0, 0.1) is 11.3 Å². The third-order valence-corrected chi connectivity index (χ3v) is 4.11. The Bertz CT molecular complexity index is 763. The van der Waals surface area contributed by atoms with Crippen molar-refractivity contribution in [1.82, 2.24) is 14.5 Å². The highest BCUT2D eigenvalue weighted by atomic mass is 16.5. The van der Waals surface area contributed by atoms with Crippen LogP contribution in [0.3, 0.4) is 0 Å². The van der Waals surface area contributed by atoms with Crippen molar-refractivity contribution in [3.63, 3.8) is 0 Å². The molecule has 3 rings (SSSR count). The van der Waals surface area contributed by atoms with E-state index in [0.717, 1.165) is 30.3 Å². The number of carbonyl (C=O) groups excluding carboxylic acids is 1. The van der Waals surface area contributed by atoms with Crippen molar-refractivity contribution in [2.75, 3.05) is 13.2 Å². The fraction of sp³-hybridized carbons (Fsp3) is 0.600. The van der Waals surface area contributed by atoms with Crippen LogP contribution in [0.5, 0.6) is 0 Å². The molecule has 0 spiro atoms. The van der Waals surface area contributed by atoms with E-state index in [1.54, 1.807) is 6.07 Å². The Morgan fingerprint density at radius 1 is 1.39 bits per heavy atom. The van der Waals surface area contributed by atoms with Crippen LogP contribution in [0.15, 0.2) is 15.8 Å². The van der Waals surface area contributed by atoms with Crippen LogP contribution in [0.25, 0.3) is 0 Å². The molecular formula is C15H18N4O4. The van der Waals surface area contributed by atoms with Crippen molar-refractivity contribution in [1.29, 1.82) is 5.26 Å². The summed E-state index contributed by atoms with van der Waals surface area (Å²) in [7, 11) is 0. The molecule has 1 aromatic heterocycles. The Morgan fingerprint density at radius 2 is 2.17 bits per heavy atom. The molecule has 2 aliphatic rings. The molecule has 2 fully saturated rings. The average molecular weight is 318 g/mol. The zero-order valence-electron chi connectivity index (χ0n) is 12.7. The minimum Gasteiger partial charge on any atom is -0.376 e. The highest BCUT2D eigenvalue weighted by Crippen LogP contribution is 2.33. The first kappa shape index (κ1) is 15.5. The molecule has 1 amide bonds. The normalized spacial score (nSPS) is 20.2. The molecular weight excluding hydrogens is 300 g/mol. The number of amides is 1. The molecule has 2 heterocycles. The van der Waals surface area contributed by atoms with Gasteiger partial charge in [0, 0.05) is 25.4 Å². The van der Waals surface area contributed by atoms with Gasteiger partial charge in [-0.15, -0.1) is 0 Å². The SMILES string of the molecule is N#Cc1cn(C2CC2)c(=O)n(CC(=O)NCC2CCCO2)c1=O. The van der Waals surface area contributed by atoms with Gasteiger partial charge in [-0.3, -0.25) is 14.2 Å². The van der Waals surface area contributed by atoms with Crippen molar-refractivity contribution in [3.8, 4) is 6.07 Å². The summed E-state index contributed by atoms with van der Waals surface area (Å²) >= 11 is 0. The number of rotatable bonds is 5. The Kier molecular flexibility index (Phi) is 4.30. The van der Waals surface area contributed by atoms with Gasteiger partial charge in [-0.1, -0.05) is 0 Å². The standard InChI is InChI=1S/C15H18N4O4/c16-6-10-8-18(11-3-4-11)15(22)19(14(10)21)9-13(20)17-7-12-2-1-5-23-12/h8,11-12H,1-5,7,9H2,(H,17,20). The largest absolute Gasteiger partial charge is 0.376 e. The van der Waals surface area contributed by atoms with Crippen LogP contribution in [0.1, 0.15) is 37.3 Å². The molecule has 8 heteroatoms. The first-order valence-corrected chi connectivity index (χ1v) is 7.74. The van der Waals surface area contributed by atoms with E-state index in [1.165, 1.54) is 10.8 Å². The molecule has 1 N–H and O–H groups in total. The van der Waals surface area contributed by atoms with Crippen LogP contribution in [0.2, 0.25) is 0 Å². The van der Waals surface area contributed by atoms with Crippen LogP contribution in [0.4, 0.5) is 0 Å². The monoisotopic (exact) mass is 318 g/mol. The molecule has 0 bridgehead atoms. The van der Waals surface area contributed by atoms with Crippen molar-refractivity contribution in [2.45, 2.75) is 44.4 Å². The minimum atomic E-state index is -0.721. The summed E-state index contributed by atoms with van der Waals surface area (Å²) in [5.41, 5.74) is -1.38. The molecule has 1 aromatic rings. The lowest BCUT2D eigenvalue weighted by Crippen LogP contribution is -2.45. The van der Waals surface area contributed by atoms with Crippen LogP contribution >= 0.6 is 0 Å². The van der Waals surface area contributed by atoms with Gasteiger partial charge in [-0.05, 0) is 25.7 Å². The number of nitrogens with zero attached hydrogens (tertiary/aromatic N) is 3. The average Bonchev–Trinajstić information content (AvgIpc) is 3.25. The molecule has 0 radical (unpaired) electrons.